The summed E-state index contributed by atoms with van der Waals surface area (Å²) in [7, 11) is 0. The Morgan fingerprint density at radius 2 is 2.05 bits per heavy atom. The van der Waals surface area contributed by atoms with Crippen LogP contribution in [0.25, 0.3) is 0 Å². The van der Waals surface area contributed by atoms with Gasteiger partial charge in [0.2, 0.25) is 0 Å². The Labute approximate surface area is 127 Å². The molecule has 1 unspecified atom stereocenters. The summed E-state index contributed by atoms with van der Waals surface area (Å²) < 4.78 is 39.1. The van der Waals surface area contributed by atoms with Gasteiger partial charge in [0.05, 0.1) is 0 Å². The van der Waals surface area contributed by atoms with Crippen LogP contribution in [0.4, 0.5) is 18.9 Å². The van der Waals surface area contributed by atoms with Crippen molar-refractivity contribution in [3.05, 3.63) is 29.8 Å². The number of rotatable bonds is 4. The number of halogens is 3. The molecule has 1 aromatic carbocycles. The molecule has 2 N–H and O–H groups in total. The molecule has 0 aliphatic carbocycles. The highest BCUT2D eigenvalue weighted by molar-refractivity contribution is 5.40. The van der Waals surface area contributed by atoms with Crippen molar-refractivity contribution in [1.82, 2.24) is 4.90 Å². The Kier molecular flexibility index (Phi) is 3.84. The number of anilines is 1. The number of likely N-dealkylation sites (tertiary alicyclic amines) is 1. The van der Waals surface area contributed by atoms with Gasteiger partial charge in [0.1, 0.15) is 0 Å². The summed E-state index contributed by atoms with van der Waals surface area (Å²) in [5.41, 5.74) is 5.32. The summed E-state index contributed by atoms with van der Waals surface area (Å²) in [6.45, 7) is 1.41. The zero-order chi connectivity index (χ0) is 15.8. The van der Waals surface area contributed by atoms with E-state index in [-0.39, 0.29) is 12.5 Å². The number of nitrogens with two attached hydrogens (primary N) is 1. The highest BCUT2D eigenvalue weighted by atomic mass is 19.4. The lowest BCUT2D eigenvalue weighted by molar-refractivity contribution is -0.169. The smallest absolute Gasteiger partial charge is 0.399 e. The third-order valence-corrected chi connectivity index (χ3v) is 4.40. The van der Waals surface area contributed by atoms with Crippen molar-refractivity contribution in [2.45, 2.75) is 50.1 Å². The van der Waals surface area contributed by atoms with Crippen LogP contribution in [0.2, 0.25) is 0 Å². The SMILES string of the molecule is Nc1cccc(CN2CCCCC2CC2(C(F)(F)F)N=N2)c1. The molecule has 1 atom stereocenters. The number of hydrogen-bond donors (Lipinski definition) is 1. The molecular formula is C15H19F3N4. The van der Waals surface area contributed by atoms with Crippen LogP contribution in [-0.4, -0.2) is 29.3 Å². The fourth-order valence-electron chi connectivity index (χ4n) is 3.12. The van der Waals surface area contributed by atoms with E-state index in [0.717, 1.165) is 31.4 Å². The molecule has 1 saturated heterocycles. The first-order chi connectivity index (χ1) is 10.4. The lowest BCUT2D eigenvalue weighted by Gasteiger charge is -2.37. The van der Waals surface area contributed by atoms with E-state index < -0.39 is 11.8 Å². The van der Waals surface area contributed by atoms with Crippen molar-refractivity contribution in [3.63, 3.8) is 0 Å². The van der Waals surface area contributed by atoms with Crippen LogP contribution < -0.4 is 5.73 Å². The zero-order valence-corrected chi connectivity index (χ0v) is 12.2. The minimum absolute atomic E-state index is 0.0706. The largest absolute Gasteiger partial charge is 0.437 e. The molecule has 2 heterocycles. The molecule has 0 radical (unpaired) electrons. The second kappa shape index (κ2) is 5.53. The summed E-state index contributed by atoms with van der Waals surface area (Å²) in [4.78, 5) is 2.11. The van der Waals surface area contributed by atoms with Gasteiger partial charge in [-0.05, 0) is 37.1 Å². The van der Waals surface area contributed by atoms with Gasteiger partial charge < -0.3 is 5.73 Å². The number of piperidine rings is 1. The second-order valence-corrected chi connectivity index (χ2v) is 6.08. The maximum atomic E-state index is 13.0. The lowest BCUT2D eigenvalue weighted by Crippen LogP contribution is -2.45. The molecular weight excluding hydrogens is 293 g/mol. The van der Waals surface area contributed by atoms with Gasteiger partial charge in [-0.25, -0.2) is 0 Å². The molecule has 3 rings (SSSR count). The predicted molar refractivity (Wildman–Crippen MR) is 77.2 cm³/mol. The van der Waals surface area contributed by atoms with Crippen LogP contribution in [0, 0.1) is 0 Å². The van der Waals surface area contributed by atoms with Crippen molar-refractivity contribution >= 4 is 5.69 Å². The molecule has 120 valence electrons. The van der Waals surface area contributed by atoms with Crippen LogP contribution in [0.15, 0.2) is 34.5 Å². The van der Waals surface area contributed by atoms with E-state index in [1.807, 2.05) is 18.2 Å². The van der Waals surface area contributed by atoms with Crippen LogP contribution in [0.5, 0.6) is 0 Å². The fraction of sp³-hybridized carbons (Fsp3) is 0.600. The van der Waals surface area contributed by atoms with Crippen LogP contribution in [0.1, 0.15) is 31.2 Å². The number of alkyl halides is 3. The first kappa shape index (κ1) is 15.3. The molecule has 0 saturated carbocycles. The molecule has 7 heteroatoms. The Hall–Kier alpha value is -1.63. The summed E-state index contributed by atoms with van der Waals surface area (Å²) in [5, 5.41) is 6.62. The molecule has 0 amide bonds. The first-order valence-corrected chi connectivity index (χ1v) is 7.49. The normalized spacial score (nSPS) is 24.4. The molecule has 0 aromatic heterocycles. The Morgan fingerprint density at radius 3 is 2.68 bits per heavy atom. The van der Waals surface area contributed by atoms with Gasteiger partial charge in [-0.1, -0.05) is 18.6 Å². The summed E-state index contributed by atoms with van der Waals surface area (Å²) in [6, 6.07) is 7.35. The zero-order valence-electron chi connectivity index (χ0n) is 12.2. The van der Waals surface area contributed by atoms with Crippen LogP contribution in [-0.2, 0) is 6.54 Å². The van der Waals surface area contributed by atoms with E-state index >= 15 is 0 Å². The molecule has 1 aromatic rings. The topological polar surface area (TPSA) is 54.0 Å². The minimum Gasteiger partial charge on any atom is -0.399 e. The Morgan fingerprint density at radius 1 is 1.27 bits per heavy atom. The van der Waals surface area contributed by atoms with Gasteiger partial charge in [-0.3, -0.25) is 4.90 Å². The van der Waals surface area contributed by atoms with Crippen molar-refractivity contribution in [3.8, 4) is 0 Å². The molecule has 4 nitrogen and oxygen atoms in total. The van der Waals surface area contributed by atoms with Crippen LogP contribution >= 0.6 is 0 Å². The second-order valence-electron chi connectivity index (χ2n) is 6.08. The predicted octanol–water partition coefficient (Wildman–Crippen LogP) is 3.74. The van der Waals surface area contributed by atoms with Crippen LogP contribution in [0.3, 0.4) is 0 Å². The van der Waals surface area contributed by atoms with E-state index in [1.54, 1.807) is 6.07 Å². The minimum atomic E-state index is -4.38. The lowest BCUT2D eigenvalue weighted by atomic mass is 9.93. The molecule has 2 aliphatic heterocycles. The number of nitrogen functional groups attached to an aromatic ring is 1. The summed E-state index contributed by atoms with van der Waals surface area (Å²) >= 11 is 0. The standard InChI is InChI=1S/C15H19F3N4/c16-15(17,18)14(20-21-14)9-13-6-1-2-7-22(13)10-11-4-3-5-12(19)8-11/h3-5,8,13H,1-2,6-7,9-10,19H2. The van der Waals surface area contributed by atoms with Crippen molar-refractivity contribution in [2.75, 3.05) is 12.3 Å². The Balaban J connectivity index is 1.69. The van der Waals surface area contributed by atoms with E-state index in [0.29, 0.717) is 12.2 Å². The van der Waals surface area contributed by atoms with Gasteiger partial charge >= 0.3 is 6.18 Å². The molecule has 0 spiro atoms. The Bertz CT molecular complexity index is 564. The molecule has 1 fully saturated rings. The number of hydrogen-bond acceptors (Lipinski definition) is 4. The fourth-order valence-corrected chi connectivity index (χ4v) is 3.12. The van der Waals surface area contributed by atoms with E-state index in [1.165, 1.54) is 0 Å². The van der Waals surface area contributed by atoms with Gasteiger partial charge in [-0.15, -0.1) is 10.2 Å². The average molecular weight is 312 g/mol. The summed E-state index contributed by atoms with van der Waals surface area (Å²) in [5.74, 6) is 0. The number of nitrogens with zero attached hydrogens (tertiary/aromatic N) is 3. The van der Waals surface area contributed by atoms with Crippen molar-refractivity contribution < 1.29 is 13.2 Å². The van der Waals surface area contributed by atoms with E-state index in [9.17, 15) is 13.2 Å². The first-order valence-electron chi connectivity index (χ1n) is 7.49. The summed E-state index contributed by atoms with van der Waals surface area (Å²) in [6.07, 6.45) is -1.74. The highest BCUT2D eigenvalue weighted by Gasteiger charge is 2.64. The van der Waals surface area contributed by atoms with E-state index in [4.69, 9.17) is 5.73 Å². The van der Waals surface area contributed by atoms with Crippen molar-refractivity contribution in [2.24, 2.45) is 10.2 Å². The third-order valence-electron chi connectivity index (χ3n) is 4.40. The van der Waals surface area contributed by atoms with Crippen molar-refractivity contribution in [1.29, 1.82) is 0 Å². The molecule has 0 bridgehead atoms. The van der Waals surface area contributed by atoms with Gasteiger partial charge in [-0.2, -0.15) is 13.2 Å². The third kappa shape index (κ3) is 3.09. The average Bonchev–Trinajstić information content (AvgIpc) is 3.22. The quantitative estimate of drug-likeness (QED) is 0.861. The maximum absolute atomic E-state index is 13.0. The van der Waals surface area contributed by atoms with Gasteiger partial charge in [0.25, 0.3) is 5.66 Å². The van der Waals surface area contributed by atoms with E-state index in [2.05, 4.69) is 15.1 Å². The van der Waals surface area contributed by atoms with Gasteiger partial charge in [0.15, 0.2) is 0 Å². The van der Waals surface area contributed by atoms with Gasteiger partial charge in [0, 0.05) is 24.7 Å². The highest BCUT2D eigenvalue weighted by Crippen LogP contribution is 2.48. The number of benzene rings is 1. The monoisotopic (exact) mass is 312 g/mol. The maximum Gasteiger partial charge on any atom is 0.437 e. The molecule has 2 aliphatic rings. The molecule has 22 heavy (non-hydrogen) atoms.